The Morgan fingerprint density at radius 3 is 2.31 bits per heavy atom. The summed E-state index contributed by atoms with van der Waals surface area (Å²) in [4.78, 5) is 17.5. The van der Waals surface area contributed by atoms with Crippen molar-refractivity contribution in [3.63, 3.8) is 0 Å². The molecular weight excluding hydrogens is 348 g/mol. The fourth-order valence-electron chi connectivity index (χ4n) is 3.47. The number of H-pyrrole nitrogens is 1. The van der Waals surface area contributed by atoms with E-state index in [0.717, 1.165) is 31.3 Å². The summed E-state index contributed by atoms with van der Waals surface area (Å²) in [7, 11) is 0. The predicted octanol–water partition coefficient (Wildman–Crippen LogP) is 2.68. The van der Waals surface area contributed by atoms with Crippen molar-refractivity contribution in [2.75, 3.05) is 26.3 Å². The number of hydrogen-bond donors (Lipinski definition) is 3. The lowest BCUT2D eigenvalue weighted by Gasteiger charge is -2.20. The van der Waals surface area contributed by atoms with Crippen molar-refractivity contribution in [1.29, 1.82) is 0 Å². The molecule has 0 saturated heterocycles. The van der Waals surface area contributed by atoms with Crippen LogP contribution in [0.15, 0.2) is 47.3 Å². The molecule has 0 atom stereocenters. The first kappa shape index (κ1) is 17.2. The second-order valence-electron chi connectivity index (χ2n) is 6.32. The molecule has 3 N–H and O–H groups in total. The molecule has 4 aromatic rings. The topological polar surface area (TPSA) is 76.6 Å². The summed E-state index contributed by atoms with van der Waals surface area (Å²) in [5.41, 5.74) is 1.95. The molecule has 2 aromatic carbocycles. The zero-order valence-corrected chi connectivity index (χ0v) is 15.1. The Hall–Kier alpha value is -2.25. The van der Waals surface area contributed by atoms with Gasteiger partial charge in [-0.15, -0.1) is 11.3 Å². The average Bonchev–Trinajstić information content (AvgIpc) is 3.02. The standard InChI is InChI=1S/C20H20N2O3S/c23-10-8-22(9-11-24)12-13-4-3-7-16-17-19(26-18(13)16)14-5-1-2-6-15(14)20(25)21-17/h1-7,23-24H,8-12H2,(H,21,25). The molecule has 0 aliphatic heterocycles. The molecule has 0 bridgehead atoms. The molecule has 5 nitrogen and oxygen atoms in total. The van der Waals surface area contributed by atoms with Crippen molar-refractivity contribution in [2.45, 2.75) is 6.54 Å². The molecule has 0 aliphatic rings. The van der Waals surface area contributed by atoms with E-state index in [-0.39, 0.29) is 18.8 Å². The number of aromatic amines is 1. The smallest absolute Gasteiger partial charge is 0.256 e. The Bertz CT molecular complexity index is 1130. The van der Waals surface area contributed by atoms with Crippen molar-refractivity contribution in [1.82, 2.24) is 9.88 Å². The molecule has 2 heterocycles. The van der Waals surface area contributed by atoms with Crippen LogP contribution in [0.3, 0.4) is 0 Å². The number of nitrogens with one attached hydrogen (secondary N) is 1. The molecule has 0 spiro atoms. The summed E-state index contributed by atoms with van der Waals surface area (Å²) in [6, 6.07) is 13.8. The molecule has 6 heteroatoms. The van der Waals surface area contributed by atoms with Crippen LogP contribution in [-0.2, 0) is 6.54 Å². The van der Waals surface area contributed by atoms with E-state index in [2.05, 4.69) is 11.1 Å². The first-order valence-electron chi connectivity index (χ1n) is 8.62. The van der Waals surface area contributed by atoms with Crippen molar-refractivity contribution in [3.8, 4) is 0 Å². The maximum absolute atomic E-state index is 12.5. The lowest BCUT2D eigenvalue weighted by Crippen LogP contribution is -2.29. The van der Waals surface area contributed by atoms with Gasteiger partial charge in [-0.3, -0.25) is 9.69 Å². The molecule has 0 aliphatic carbocycles. The van der Waals surface area contributed by atoms with E-state index in [1.807, 2.05) is 41.3 Å². The van der Waals surface area contributed by atoms with Crippen LogP contribution in [0.4, 0.5) is 0 Å². The minimum absolute atomic E-state index is 0.0559. The third-order valence-electron chi connectivity index (χ3n) is 4.68. The van der Waals surface area contributed by atoms with E-state index >= 15 is 0 Å². The lowest BCUT2D eigenvalue weighted by atomic mass is 10.1. The van der Waals surface area contributed by atoms with E-state index in [9.17, 15) is 15.0 Å². The van der Waals surface area contributed by atoms with E-state index < -0.39 is 0 Å². The number of aliphatic hydroxyl groups is 2. The van der Waals surface area contributed by atoms with Crippen molar-refractivity contribution >= 4 is 42.4 Å². The van der Waals surface area contributed by atoms with Crippen LogP contribution in [0.2, 0.25) is 0 Å². The number of aromatic nitrogens is 1. The van der Waals surface area contributed by atoms with Crippen LogP contribution >= 0.6 is 11.3 Å². The summed E-state index contributed by atoms with van der Waals surface area (Å²) < 4.78 is 2.22. The van der Waals surface area contributed by atoms with Crippen molar-refractivity contribution < 1.29 is 10.2 Å². The van der Waals surface area contributed by atoms with E-state index in [0.29, 0.717) is 25.0 Å². The predicted molar refractivity (Wildman–Crippen MR) is 107 cm³/mol. The molecule has 0 unspecified atom stereocenters. The van der Waals surface area contributed by atoms with Gasteiger partial charge in [0.1, 0.15) is 0 Å². The number of thiophene rings is 1. The Kier molecular flexibility index (Phi) is 4.74. The first-order valence-corrected chi connectivity index (χ1v) is 9.43. The average molecular weight is 368 g/mol. The molecule has 4 rings (SSSR count). The van der Waals surface area contributed by atoms with Gasteiger partial charge in [0.05, 0.1) is 23.4 Å². The van der Waals surface area contributed by atoms with E-state index in [1.54, 1.807) is 11.3 Å². The Labute approximate surface area is 154 Å². The van der Waals surface area contributed by atoms with Crippen molar-refractivity contribution in [3.05, 3.63) is 58.4 Å². The fourth-order valence-corrected chi connectivity index (χ4v) is 4.77. The second kappa shape index (κ2) is 7.17. The van der Waals surface area contributed by atoms with Gasteiger partial charge < -0.3 is 15.2 Å². The normalized spacial score (nSPS) is 12.0. The van der Waals surface area contributed by atoms with Crippen LogP contribution in [0.5, 0.6) is 0 Å². The van der Waals surface area contributed by atoms with Crippen LogP contribution < -0.4 is 5.56 Å². The maximum Gasteiger partial charge on any atom is 0.256 e. The highest BCUT2D eigenvalue weighted by atomic mass is 32.1. The number of fused-ring (bicyclic) bond motifs is 5. The number of aliphatic hydroxyl groups excluding tert-OH is 2. The summed E-state index contributed by atoms with van der Waals surface area (Å²) in [5.74, 6) is 0. The summed E-state index contributed by atoms with van der Waals surface area (Å²) in [6.07, 6.45) is 0. The van der Waals surface area contributed by atoms with E-state index in [4.69, 9.17) is 0 Å². The lowest BCUT2D eigenvalue weighted by molar-refractivity contribution is 0.156. The molecule has 0 fully saturated rings. The summed E-state index contributed by atoms with van der Waals surface area (Å²) in [6.45, 7) is 1.79. The number of pyridine rings is 1. The summed E-state index contributed by atoms with van der Waals surface area (Å²) >= 11 is 1.68. The van der Waals surface area contributed by atoms with Crippen LogP contribution in [-0.4, -0.2) is 46.4 Å². The monoisotopic (exact) mass is 368 g/mol. The third-order valence-corrected chi connectivity index (χ3v) is 5.99. The zero-order chi connectivity index (χ0) is 18.1. The van der Waals surface area contributed by atoms with Gasteiger partial charge in [0.15, 0.2) is 0 Å². The molecule has 2 aromatic heterocycles. The highest BCUT2D eigenvalue weighted by Crippen LogP contribution is 2.37. The summed E-state index contributed by atoms with van der Waals surface area (Å²) in [5, 5.41) is 21.2. The van der Waals surface area contributed by atoms with Crippen LogP contribution in [0, 0.1) is 0 Å². The molecule has 0 saturated carbocycles. The van der Waals surface area contributed by atoms with Crippen LogP contribution in [0.1, 0.15) is 5.56 Å². The van der Waals surface area contributed by atoms with Gasteiger partial charge in [-0.2, -0.15) is 0 Å². The number of rotatable bonds is 6. The Morgan fingerprint density at radius 2 is 1.58 bits per heavy atom. The van der Waals surface area contributed by atoms with Gasteiger partial charge in [-0.25, -0.2) is 0 Å². The SMILES string of the molecule is O=c1[nH]c2c3cccc(CN(CCO)CCO)c3sc2c2ccccc12. The van der Waals surface area contributed by atoms with Gasteiger partial charge in [0.2, 0.25) is 0 Å². The molecular formula is C20H20N2O3S. The van der Waals surface area contributed by atoms with Crippen molar-refractivity contribution in [2.24, 2.45) is 0 Å². The molecule has 26 heavy (non-hydrogen) atoms. The van der Waals surface area contributed by atoms with Gasteiger partial charge in [-0.05, 0) is 11.6 Å². The van der Waals surface area contributed by atoms with Crippen LogP contribution in [0.25, 0.3) is 31.1 Å². The fraction of sp³-hybridized carbons (Fsp3) is 0.250. The minimum atomic E-state index is -0.0691. The largest absolute Gasteiger partial charge is 0.395 e. The van der Waals surface area contributed by atoms with Gasteiger partial charge in [-0.1, -0.05) is 36.4 Å². The number of hydrogen-bond acceptors (Lipinski definition) is 5. The highest BCUT2D eigenvalue weighted by molar-refractivity contribution is 7.26. The maximum atomic E-state index is 12.5. The first-order chi connectivity index (χ1) is 12.7. The minimum Gasteiger partial charge on any atom is -0.395 e. The highest BCUT2D eigenvalue weighted by Gasteiger charge is 2.15. The third kappa shape index (κ3) is 2.91. The van der Waals surface area contributed by atoms with Gasteiger partial charge >= 0.3 is 0 Å². The number of benzene rings is 2. The number of nitrogens with zero attached hydrogens (tertiary/aromatic N) is 1. The second-order valence-corrected chi connectivity index (χ2v) is 7.34. The molecule has 0 radical (unpaired) electrons. The van der Waals surface area contributed by atoms with E-state index in [1.165, 1.54) is 0 Å². The van der Waals surface area contributed by atoms with Gasteiger partial charge in [0, 0.05) is 40.5 Å². The molecule has 134 valence electrons. The Morgan fingerprint density at radius 1 is 0.885 bits per heavy atom. The van der Waals surface area contributed by atoms with Gasteiger partial charge in [0.25, 0.3) is 5.56 Å². The Balaban J connectivity index is 1.92. The zero-order valence-electron chi connectivity index (χ0n) is 14.2. The quantitative estimate of drug-likeness (QED) is 0.489. The molecule has 0 amide bonds.